The summed E-state index contributed by atoms with van der Waals surface area (Å²) < 4.78 is 6.97. The fraction of sp³-hybridized carbons (Fsp3) is 0.688. The van der Waals surface area contributed by atoms with Gasteiger partial charge in [0.25, 0.3) is 0 Å². The molecule has 128 valence electrons. The minimum absolute atomic E-state index is 0.104. The van der Waals surface area contributed by atoms with Gasteiger partial charge in [0.1, 0.15) is 12.1 Å². The zero-order valence-corrected chi connectivity index (χ0v) is 14.4. The number of aliphatic carboxylic acids is 1. The third-order valence-electron chi connectivity index (χ3n) is 3.94. The summed E-state index contributed by atoms with van der Waals surface area (Å²) >= 11 is 0. The zero-order chi connectivity index (χ0) is 17.4. The lowest BCUT2D eigenvalue weighted by atomic mass is 10.0. The van der Waals surface area contributed by atoms with E-state index in [1.54, 1.807) is 4.90 Å². The smallest absolute Gasteiger partial charge is 0.410 e. The van der Waals surface area contributed by atoms with Gasteiger partial charge in [0.15, 0.2) is 0 Å². The van der Waals surface area contributed by atoms with Crippen LogP contribution < -0.4 is 0 Å². The van der Waals surface area contributed by atoms with Gasteiger partial charge in [-0.05, 0) is 47.5 Å². The second kappa shape index (κ2) is 6.22. The van der Waals surface area contributed by atoms with Gasteiger partial charge in [-0.25, -0.2) is 4.79 Å². The van der Waals surface area contributed by atoms with E-state index in [1.807, 2.05) is 34.6 Å². The highest BCUT2D eigenvalue weighted by atomic mass is 16.6. The molecule has 0 bridgehead atoms. The van der Waals surface area contributed by atoms with E-state index in [2.05, 4.69) is 5.10 Å². The molecule has 1 unspecified atom stereocenters. The molecule has 0 spiro atoms. The van der Waals surface area contributed by atoms with E-state index in [-0.39, 0.29) is 18.7 Å². The van der Waals surface area contributed by atoms with Gasteiger partial charge in [-0.1, -0.05) is 0 Å². The lowest BCUT2D eigenvalue weighted by Crippen LogP contribution is -2.36. The predicted molar refractivity (Wildman–Crippen MR) is 84.3 cm³/mol. The van der Waals surface area contributed by atoms with Crippen LogP contribution in [0.5, 0.6) is 0 Å². The van der Waals surface area contributed by atoms with Crippen LogP contribution in [-0.4, -0.2) is 44.0 Å². The Kier molecular flexibility index (Phi) is 4.68. The molecular weight excluding hydrogens is 298 g/mol. The quantitative estimate of drug-likeness (QED) is 0.924. The molecule has 0 aliphatic carbocycles. The zero-order valence-electron chi connectivity index (χ0n) is 14.4. The van der Waals surface area contributed by atoms with Gasteiger partial charge in [-0.15, -0.1) is 0 Å². The average Bonchev–Trinajstić information content (AvgIpc) is 2.93. The molecule has 2 rings (SSSR count). The highest BCUT2D eigenvalue weighted by Gasteiger charge is 2.36. The van der Waals surface area contributed by atoms with E-state index in [4.69, 9.17) is 9.84 Å². The minimum atomic E-state index is -0.933. The van der Waals surface area contributed by atoms with Crippen molar-refractivity contribution in [2.75, 3.05) is 6.54 Å². The number of carbonyl (C=O) groups is 2. The van der Waals surface area contributed by atoms with Crippen molar-refractivity contribution in [2.24, 2.45) is 0 Å². The van der Waals surface area contributed by atoms with Crippen LogP contribution in [0, 0.1) is 13.8 Å². The first kappa shape index (κ1) is 17.3. The SMILES string of the molecule is Cc1nn(CC(=O)O)c(C)c1C1CCCN1C(=O)OC(C)(C)C. The second-order valence-corrected chi connectivity index (χ2v) is 6.97. The molecule has 0 saturated carbocycles. The van der Waals surface area contributed by atoms with Gasteiger partial charge in [0, 0.05) is 17.8 Å². The number of amides is 1. The molecule has 7 heteroatoms. The Bertz CT molecular complexity index is 616. The Morgan fingerprint density at radius 2 is 2.00 bits per heavy atom. The Hall–Kier alpha value is -2.05. The largest absolute Gasteiger partial charge is 0.480 e. The second-order valence-electron chi connectivity index (χ2n) is 6.97. The third-order valence-corrected chi connectivity index (χ3v) is 3.94. The first-order valence-corrected chi connectivity index (χ1v) is 7.85. The van der Waals surface area contributed by atoms with E-state index in [9.17, 15) is 9.59 Å². The molecule has 0 aromatic carbocycles. The van der Waals surface area contributed by atoms with Crippen LogP contribution in [0.4, 0.5) is 4.79 Å². The van der Waals surface area contributed by atoms with Gasteiger partial charge in [0.05, 0.1) is 11.7 Å². The van der Waals surface area contributed by atoms with Crippen LogP contribution in [0.15, 0.2) is 0 Å². The molecule has 1 fully saturated rings. The lowest BCUT2D eigenvalue weighted by molar-refractivity contribution is -0.137. The number of likely N-dealkylation sites (tertiary alicyclic amines) is 1. The summed E-state index contributed by atoms with van der Waals surface area (Å²) in [6, 6.07) is -0.104. The minimum Gasteiger partial charge on any atom is -0.480 e. The molecule has 1 saturated heterocycles. The summed E-state index contributed by atoms with van der Waals surface area (Å²) in [5.74, 6) is -0.933. The number of aromatic nitrogens is 2. The molecule has 1 amide bonds. The fourth-order valence-corrected chi connectivity index (χ4v) is 3.08. The van der Waals surface area contributed by atoms with Gasteiger partial charge in [-0.3, -0.25) is 9.48 Å². The maximum absolute atomic E-state index is 12.4. The molecule has 2 heterocycles. The van der Waals surface area contributed by atoms with Crippen LogP contribution in [0.25, 0.3) is 0 Å². The van der Waals surface area contributed by atoms with Crippen LogP contribution in [0.3, 0.4) is 0 Å². The number of rotatable bonds is 3. The number of aryl methyl sites for hydroxylation is 1. The van der Waals surface area contributed by atoms with Crippen LogP contribution in [0.2, 0.25) is 0 Å². The maximum atomic E-state index is 12.4. The summed E-state index contributed by atoms with van der Waals surface area (Å²) in [6.45, 7) is 9.71. The van der Waals surface area contributed by atoms with Crippen molar-refractivity contribution in [3.8, 4) is 0 Å². The number of hydrogen-bond donors (Lipinski definition) is 1. The number of ether oxygens (including phenoxy) is 1. The van der Waals surface area contributed by atoms with E-state index >= 15 is 0 Å². The molecule has 1 aromatic rings. The molecule has 1 N–H and O–H groups in total. The molecule has 0 radical (unpaired) electrons. The number of hydrogen-bond acceptors (Lipinski definition) is 4. The first-order chi connectivity index (χ1) is 10.6. The Balaban J connectivity index is 2.28. The predicted octanol–water partition coefficient (Wildman–Crippen LogP) is 2.66. The van der Waals surface area contributed by atoms with E-state index < -0.39 is 11.6 Å². The standard InChI is InChI=1S/C16H25N3O4/c1-10-14(11(2)19(17-10)9-13(20)21)12-7-6-8-18(12)15(22)23-16(3,4)5/h12H,6-9H2,1-5H3,(H,20,21). The number of nitrogens with zero attached hydrogens (tertiary/aromatic N) is 3. The molecule has 7 nitrogen and oxygen atoms in total. The molecule has 1 aliphatic rings. The van der Waals surface area contributed by atoms with Crippen LogP contribution in [0.1, 0.15) is 56.6 Å². The van der Waals surface area contributed by atoms with Crippen LogP contribution >= 0.6 is 0 Å². The van der Waals surface area contributed by atoms with E-state index in [1.165, 1.54) is 4.68 Å². The summed E-state index contributed by atoms with van der Waals surface area (Å²) in [6.07, 6.45) is 1.40. The van der Waals surface area contributed by atoms with Crippen molar-refractivity contribution in [1.29, 1.82) is 0 Å². The number of carboxylic acid groups (broad SMARTS) is 1. The summed E-state index contributed by atoms with van der Waals surface area (Å²) in [4.78, 5) is 25.1. The van der Waals surface area contributed by atoms with Crippen molar-refractivity contribution in [1.82, 2.24) is 14.7 Å². The highest BCUT2D eigenvalue weighted by Crippen LogP contribution is 2.36. The Morgan fingerprint density at radius 1 is 1.35 bits per heavy atom. The van der Waals surface area contributed by atoms with E-state index in [0.29, 0.717) is 6.54 Å². The highest BCUT2D eigenvalue weighted by molar-refractivity contribution is 5.69. The van der Waals surface area contributed by atoms with Gasteiger partial charge < -0.3 is 14.7 Å². The van der Waals surface area contributed by atoms with Crippen molar-refractivity contribution in [3.05, 3.63) is 17.0 Å². The third kappa shape index (κ3) is 3.83. The van der Waals surface area contributed by atoms with Gasteiger partial charge >= 0.3 is 12.1 Å². The number of carboxylic acids is 1. The first-order valence-electron chi connectivity index (χ1n) is 7.85. The van der Waals surface area contributed by atoms with Crippen molar-refractivity contribution in [3.63, 3.8) is 0 Å². The fourth-order valence-electron chi connectivity index (χ4n) is 3.08. The molecule has 23 heavy (non-hydrogen) atoms. The van der Waals surface area contributed by atoms with Gasteiger partial charge in [0.2, 0.25) is 0 Å². The average molecular weight is 323 g/mol. The Labute approximate surface area is 136 Å². The van der Waals surface area contributed by atoms with E-state index in [0.717, 1.165) is 29.8 Å². The van der Waals surface area contributed by atoms with Crippen molar-refractivity contribution in [2.45, 2.75) is 65.6 Å². The monoisotopic (exact) mass is 323 g/mol. The number of carbonyl (C=O) groups excluding carboxylic acids is 1. The lowest BCUT2D eigenvalue weighted by Gasteiger charge is -2.29. The maximum Gasteiger partial charge on any atom is 0.410 e. The van der Waals surface area contributed by atoms with Gasteiger partial charge in [-0.2, -0.15) is 5.10 Å². The topological polar surface area (TPSA) is 84.7 Å². The summed E-state index contributed by atoms with van der Waals surface area (Å²) in [5, 5.41) is 13.3. The van der Waals surface area contributed by atoms with Crippen molar-refractivity contribution < 1.29 is 19.4 Å². The van der Waals surface area contributed by atoms with Crippen molar-refractivity contribution >= 4 is 12.1 Å². The summed E-state index contributed by atoms with van der Waals surface area (Å²) in [5.41, 5.74) is 1.96. The molecular formula is C16H25N3O4. The normalized spacial score (nSPS) is 18.3. The molecule has 1 aromatic heterocycles. The molecule has 1 aliphatic heterocycles. The summed E-state index contributed by atoms with van der Waals surface area (Å²) in [7, 11) is 0. The Morgan fingerprint density at radius 3 is 2.57 bits per heavy atom. The molecule has 1 atom stereocenters. The van der Waals surface area contributed by atoms with Crippen LogP contribution in [-0.2, 0) is 16.1 Å².